The fourth-order valence-corrected chi connectivity index (χ4v) is 2.27. The van der Waals surface area contributed by atoms with Crippen LogP contribution in [-0.2, 0) is 0 Å². The average molecular weight is 250 g/mol. The third-order valence-corrected chi connectivity index (χ3v) is 3.28. The number of aryl methyl sites for hydroxylation is 1. The molecule has 0 spiro atoms. The second-order valence-corrected chi connectivity index (χ2v) is 4.58. The largest absolute Gasteiger partial charge is 0.387 e. The van der Waals surface area contributed by atoms with Crippen molar-refractivity contribution < 1.29 is 9.90 Å². The number of aliphatic hydroxyl groups is 1. The lowest BCUT2D eigenvalue weighted by molar-refractivity contribution is 0.0916. The quantitative estimate of drug-likeness (QED) is 0.775. The Hall–Kier alpha value is -1.59. The zero-order valence-corrected chi connectivity index (χ0v) is 10.3. The first-order valence-electron chi connectivity index (χ1n) is 5.31. The molecule has 0 aliphatic carbocycles. The van der Waals surface area contributed by atoms with Crippen LogP contribution in [0.15, 0.2) is 29.1 Å². The molecule has 2 aromatic heterocycles. The Labute approximate surface area is 103 Å². The molecule has 1 amide bonds. The molecule has 2 aromatic rings. The Bertz CT molecular complexity index is 490. The van der Waals surface area contributed by atoms with Gasteiger partial charge < -0.3 is 15.4 Å². The highest BCUT2D eigenvalue weighted by Crippen LogP contribution is 2.15. The van der Waals surface area contributed by atoms with Crippen molar-refractivity contribution in [1.82, 2.24) is 10.3 Å². The van der Waals surface area contributed by atoms with Crippen molar-refractivity contribution in [1.29, 1.82) is 0 Å². The average Bonchev–Trinajstić information content (AvgIpc) is 2.95. The Morgan fingerprint density at radius 2 is 2.41 bits per heavy atom. The zero-order valence-electron chi connectivity index (χ0n) is 9.43. The Morgan fingerprint density at radius 1 is 1.59 bits per heavy atom. The van der Waals surface area contributed by atoms with Crippen LogP contribution < -0.4 is 5.32 Å². The van der Waals surface area contributed by atoms with Gasteiger partial charge in [0, 0.05) is 18.4 Å². The van der Waals surface area contributed by atoms with E-state index in [-0.39, 0.29) is 12.5 Å². The monoisotopic (exact) mass is 250 g/mol. The van der Waals surface area contributed by atoms with Gasteiger partial charge in [0.2, 0.25) is 0 Å². The van der Waals surface area contributed by atoms with Crippen LogP contribution in [0.1, 0.15) is 27.7 Å². The molecule has 0 aromatic carbocycles. The van der Waals surface area contributed by atoms with Gasteiger partial charge >= 0.3 is 0 Å². The first-order valence-corrected chi connectivity index (χ1v) is 6.25. The molecule has 0 radical (unpaired) electrons. The van der Waals surface area contributed by atoms with Gasteiger partial charge in [0.15, 0.2) is 0 Å². The Morgan fingerprint density at radius 3 is 3.00 bits per heavy atom. The predicted octanol–water partition coefficient (Wildman–Crippen LogP) is 1.85. The number of hydrogen-bond acceptors (Lipinski definition) is 3. The highest BCUT2D eigenvalue weighted by atomic mass is 32.1. The summed E-state index contributed by atoms with van der Waals surface area (Å²) in [5, 5.41) is 16.3. The molecule has 0 saturated heterocycles. The molecule has 90 valence electrons. The van der Waals surface area contributed by atoms with E-state index < -0.39 is 6.10 Å². The van der Waals surface area contributed by atoms with Crippen LogP contribution in [0.4, 0.5) is 0 Å². The maximum Gasteiger partial charge on any atom is 0.253 e. The molecule has 0 aliphatic rings. The van der Waals surface area contributed by atoms with E-state index in [1.807, 2.05) is 23.8 Å². The number of amides is 1. The molecule has 0 saturated carbocycles. The van der Waals surface area contributed by atoms with Crippen LogP contribution in [0.3, 0.4) is 0 Å². The van der Waals surface area contributed by atoms with Crippen LogP contribution in [0.25, 0.3) is 0 Å². The first kappa shape index (κ1) is 11.9. The third-order valence-electron chi connectivity index (χ3n) is 2.58. The summed E-state index contributed by atoms with van der Waals surface area (Å²) >= 11 is 1.52. The summed E-state index contributed by atoms with van der Waals surface area (Å²) in [5.74, 6) is -0.168. The summed E-state index contributed by atoms with van der Waals surface area (Å²) in [7, 11) is 0. The molecular weight excluding hydrogens is 236 g/mol. The number of aliphatic hydroxyl groups excluding tert-OH is 1. The topological polar surface area (TPSA) is 65.1 Å². The van der Waals surface area contributed by atoms with Gasteiger partial charge in [-0.2, -0.15) is 11.3 Å². The molecule has 4 nitrogen and oxygen atoms in total. The van der Waals surface area contributed by atoms with Crippen molar-refractivity contribution in [2.24, 2.45) is 0 Å². The lowest BCUT2D eigenvalue weighted by atomic mass is 10.2. The highest BCUT2D eigenvalue weighted by Gasteiger charge is 2.12. The van der Waals surface area contributed by atoms with Crippen molar-refractivity contribution >= 4 is 17.2 Å². The Kier molecular flexibility index (Phi) is 3.61. The number of hydrogen-bond donors (Lipinski definition) is 3. The molecule has 1 atom stereocenters. The van der Waals surface area contributed by atoms with E-state index in [1.54, 1.807) is 12.3 Å². The van der Waals surface area contributed by atoms with Gasteiger partial charge in [-0.1, -0.05) is 0 Å². The lowest BCUT2D eigenvalue weighted by Gasteiger charge is -2.10. The molecule has 1 unspecified atom stereocenters. The molecule has 3 N–H and O–H groups in total. The Balaban J connectivity index is 1.91. The third kappa shape index (κ3) is 2.75. The SMILES string of the molecule is Cc1[nH]ccc1C(=O)NCC(O)c1ccsc1. The summed E-state index contributed by atoms with van der Waals surface area (Å²) in [5.41, 5.74) is 2.27. The van der Waals surface area contributed by atoms with E-state index in [9.17, 15) is 9.90 Å². The number of nitrogens with one attached hydrogen (secondary N) is 2. The van der Waals surface area contributed by atoms with Gasteiger partial charge in [0.25, 0.3) is 5.91 Å². The summed E-state index contributed by atoms with van der Waals surface area (Å²) in [4.78, 5) is 14.7. The van der Waals surface area contributed by atoms with Crippen LogP contribution >= 0.6 is 11.3 Å². The number of carbonyl (C=O) groups excluding carboxylic acids is 1. The van der Waals surface area contributed by atoms with Gasteiger partial charge in [-0.25, -0.2) is 0 Å². The van der Waals surface area contributed by atoms with Crippen molar-refractivity contribution in [3.63, 3.8) is 0 Å². The van der Waals surface area contributed by atoms with E-state index >= 15 is 0 Å². The summed E-state index contributed by atoms with van der Waals surface area (Å²) in [6, 6.07) is 3.57. The number of thiophene rings is 1. The second kappa shape index (κ2) is 5.16. The van der Waals surface area contributed by atoms with Gasteiger partial charge in [-0.05, 0) is 35.4 Å². The molecule has 0 fully saturated rings. The maximum absolute atomic E-state index is 11.8. The second-order valence-electron chi connectivity index (χ2n) is 3.80. The first-order chi connectivity index (χ1) is 8.18. The fourth-order valence-electron chi connectivity index (χ4n) is 1.57. The standard InChI is InChI=1S/C12H14N2O2S/c1-8-10(2-4-13-8)12(16)14-6-11(15)9-3-5-17-7-9/h2-5,7,11,13,15H,6H2,1H3,(H,14,16). The van der Waals surface area contributed by atoms with E-state index in [1.165, 1.54) is 11.3 Å². The van der Waals surface area contributed by atoms with Crippen LogP contribution in [0.2, 0.25) is 0 Å². The molecule has 17 heavy (non-hydrogen) atoms. The maximum atomic E-state index is 11.8. The van der Waals surface area contributed by atoms with Crippen LogP contribution in [0.5, 0.6) is 0 Å². The minimum atomic E-state index is -0.649. The minimum Gasteiger partial charge on any atom is -0.387 e. The summed E-state index contributed by atoms with van der Waals surface area (Å²) in [6.45, 7) is 2.06. The van der Waals surface area contributed by atoms with Gasteiger partial charge in [0.1, 0.15) is 0 Å². The van der Waals surface area contributed by atoms with Gasteiger partial charge in [0.05, 0.1) is 11.7 Å². The predicted molar refractivity (Wildman–Crippen MR) is 67.1 cm³/mol. The summed E-state index contributed by atoms with van der Waals surface area (Å²) < 4.78 is 0. The molecule has 2 rings (SSSR count). The van der Waals surface area contributed by atoms with Crippen molar-refractivity contribution in [3.8, 4) is 0 Å². The van der Waals surface area contributed by atoms with Crippen molar-refractivity contribution in [2.45, 2.75) is 13.0 Å². The smallest absolute Gasteiger partial charge is 0.253 e. The number of aromatic amines is 1. The van der Waals surface area contributed by atoms with Gasteiger partial charge in [-0.15, -0.1) is 0 Å². The number of rotatable bonds is 4. The van der Waals surface area contributed by atoms with Crippen LogP contribution in [0, 0.1) is 6.92 Å². The molecule has 2 heterocycles. The normalized spacial score (nSPS) is 12.4. The van der Waals surface area contributed by atoms with Gasteiger partial charge in [-0.3, -0.25) is 4.79 Å². The fraction of sp³-hybridized carbons (Fsp3) is 0.250. The number of H-pyrrole nitrogens is 1. The molecule has 0 bridgehead atoms. The minimum absolute atomic E-state index is 0.168. The molecular formula is C12H14N2O2S. The zero-order chi connectivity index (χ0) is 12.3. The van der Waals surface area contributed by atoms with E-state index in [0.717, 1.165) is 11.3 Å². The van der Waals surface area contributed by atoms with E-state index in [4.69, 9.17) is 0 Å². The van der Waals surface area contributed by atoms with Crippen LogP contribution in [-0.4, -0.2) is 22.5 Å². The number of aromatic nitrogens is 1. The van der Waals surface area contributed by atoms with E-state index in [2.05, 4.69) is 10.3 Å². The highest BCUT2D eigenvalue weighted by molar-refractivity contribution is 7.07. The van der Waals surface area contributed by atoms with Crippen molar-refractivity contribution in [2.75, 3.05) is 6.54 Å². The molecule has 0 aliphatic heterocycles. The summed E-state index contributed by atoms with van der Waals surface area (Å²) in [6.07, 6.45) is 1.07. The van der Waals surface area contributed by atoms with E-state index in [0.29, 0.717) is 5.56 Å². The molecule has 5 heteroatoms. The number of carbonyl (C=O) groups is 1. The van der Waals surface area contributed by atoms with Crippen molar-refractivity contribution in [3.05, 3.63) is 45.9 Å². The lowest BCUT2D eigenvalue weighted by Crippen LogP contribution is -2.28.